The molecule has 1 fully saturated rings. The summed E-state index contributed by atoms with van der Waals surface area (Å²) in [7, 11) is 3.13. The summed E-state index contributed by atoms with van der Waals surface area (Å²) < 4.78 is 5.15. The van der Waals surface area contributed by atoms with Gasteiger partial charge >= 0.3 is 0 Å². The molecule has 4 nitrogen and oxygen atoms in total. The number of thiophene rings is 1. The Morgan fingerprint density at radius 3 is 2.45 bits per heavy atom. The third kappa shape index (κ3) is 2.80. The second-order valence-electron chi connectivity index (χ2n) is 4.71. The Bertz CT molecular complexity index is 762. The van der Waals surface area contributed by atoms with Gasteiger partial charge in [-0.15, -0.1) is 11.3 Å². The Labute approximate surface area is 136 Å². The molecule has 3 rings (SSSR count). The zero-order valence-electron chi connectivity index (χ0n) is 12.0. The van der Waals surface area contributed by atoms with E-state index < -0.39 is 0 Å². The third-order valence-corrected chi connectivity index (χ3v) is 5.14. The number of hydrogen-bond acceptors (Lipinski definition) is 5. The predicted octanol–water partition coefficient (Wildman–Crippen LogP) is 4.09. The van der Waals surface area contributed by atoms with Crippen LogP contribution < -0.4 is 4.74 Å². The Balaban J connectivity index is 1.85. The Kier molecular flexibility index (Phi) is 4.04. The molecular formula is C16H13NO3S2. The van der Waals surface area contributed by atoms with Crippen LogP contribution in [0, 0.1) is 0 Å². The molecule has 0 spiro atoms. The predicted molar refractivity (Wildman–Crippen MR) is 90.0 cm³/mol. The summed E-state index contributed by atoms with van der Waals surface area (Å²) >= 11 is 2.52. The average molecular weight is 331 g/mol. The van der Waals surface area contributed by atoms with E-state index in [0.29, 0.717) is 4.91 Å². The van der Waals surface area contributed by atoms with Gasteiger partial charge in [0.05, 0.1) is 12.0 Å². The SMILES string of the molecule is COc1ccc(-c2csc(/C=C3\SC(=O)N(C)C3=O)c2)cc1. The number of benzene rings is 1. The number of imide groups is 1. The minimum atomic E-state index is -0.241. The maximum Gasteiger partial charge on any atom is 0.293 e. The Morgan fingerprint density at radius 1 is 1.14 bits per heavy atom. The van der Waals surface area contributed by atoms with Crippen LogP contribution in [0.2, 0.25) is 0 Å². The van der Waals surface area contributed by atoms with Gasteiger partial charge in [0.2, 0.25) is 0 Å². The summed E-state index contributed by atoms with van der Waals surface area (Å²) in [4.78, 5) is 25.9. The molecule has 0 N–H and O–H groups in total. The molecule has 1 aromatic heterocycles. The van der Waals surface area contributed by atoms with Crippen LogP contribution >= 0.6 is 23.1 Å². The van der Waals surface area contributed by atoms with E-state index in [2.05, 4.69) is 0 Å². The Hall–Kier alpha value is -2.05. The molecule has 2 amide bonds. The van der Waals surface area contributed by atoms with Crippen molar-refractivity contribution >= 4 is 40.3 Å². The van der Waals surface area contributed by atoms with Crippen molar-refractivity contribution < 1.29 is 14.3 Å². The van der Waals surface area contributed by atoms with E-state index in [1.165, 1.54) is 7.05 Å². The molecule has 1 aliphatic heterocycles. The van der Waals surface area contributed by atoms with Gasteiger partial charge in [0.25, 0.3) is 11.1 Å². The van der Waals surface area contributed by atoms with Crippen molar-refractivity contribution in [3.63, 3.8) is 0 Å². The van der Waals surface area contributed by atoms with E-state index in [1.807, 2.05) is 35.7 Å². The van der Waals surface area contributed by atoms with Crippen molar-refractivity contribution in [2.24, 2.45) is 0 Å². The van der Waals surface area contributed by atoms with Crippen LogP contribution in [0.3, 0.4) is 0 Å². The largest absolute Gasteiger partial charge is 0.497 e. The lowest BCUT2D eigenvalue weighted by Gasteiger charge is -2.01. The highest BCUT2D eigenvalue weighted by Crippen LogP contribution is 2.34. The lowest BCUT2D eigenvalue weighted by molar-refractivity contribution is -0.121. The Morgan fingerprint density at radius 2 is 1.86 bits per heavy atom. The van der Waals surface area contributed by atoms with Crippen LogP contribution in [0.5, 0.6) is 5.75 Å². The highest BCUT2D eigenvalue weighted by atomic mass is 32.2. The summed E-state index contributed by atoms with van der Waals surface area (Å²) in [5.74, 6) is 0.574. The third-order valence-electron chi connectivity index (χ3n) is 3.30. The minimum absolute atomic E-state index is 0.233. The first-order valence-electron chi connectivity index (χ1n) is 6.53. The van der Waals surface area contributed by atoms with Gasteiger partial charge in [0, 0.05) is 11.9 Å². The molecule has 112 valence electrons. The molecule has 2 aromatic rings. The van der Waals surface area contributed by atoms with Crippen LogP contribution in [0.4, 0.5) is 4.79 Å². The molecule has 6 heteroatoms. The lowest BCUT2D eigenvalue weighted by atomic mass is 10.1. The average Bonchev–Trinajstić information content (AvgIpc) is 3.09. The summed E-state index contributed by atoms with van der Waals surface area (Å²) in [6.07, 6.45) is 1.77. The molecule has 0 unspecified atom stereocenters. The van der Waals surface area contributed by atoms with Crippen LogP contribution in [0.1, 0.15) is 4.88 Å². The molecule has 2 heterocycles. The van der Waals surface area contributed by atoms with E-state index in [4.69, 9.17) is 4.74 Å². The van der Waals surface area contributed by atoms with Crippen LogP contribution in [0.15, 0.2) is 40.6 Å². The maximum absolute atomic E-state index is 11.9. The van der Waals surface area contributed by atoms with Crippen LogP contribution in [-0.4, -0.2) is 30.2 Å². The number of ether oxygens (including phenoxy) is 1. The zero-order valence-corrected chi connectivity index (χ0v) is 13.7. The topological polar surface area (TPSA) is 46.6 Å². The first kappa shape index (κ1) is 14.9. The smallest absolute Gasteiger partial charge is 0.293 e. The fourth-order valence-corrected chi connectivity index (χ4v) is 3.78. The number of likely N-dealkylation sites (N-methyl/N-ethyl adjacent to an activating group) is 1. The van der Waals surface area contributed by atoms with E-state index in [9.17, 15) is 9.59 Å². The summed E-state index contributed by atoms with van der Waals surface area (Å²) in [5.41, 5.74) is 2.16. The second kappa shape index (κ2) is 5.98. The molecule has 22 heavy (non-hydrogen) atoms. The number of methoxy groups -OCH3 is 1. The number of thioether (sulfide) groups is 1. The normalized spacial score (nSPS) is 16.6. The summed E-state index contributed by atoms with van der Waals surface area (Å²) in [6, 6.07) is 9.81. The fourth-order valence-electron chi connectivity index (χ4n) is 2.04. The van der Waals surface area contributed by atoms with E-state index in [0.717, 1.165) is 38.4 Å². The number of nitrogens with zero attached hydrogens (tertiary/aromatic N) is 1. The first-order valence-corrected chi connectivity index (χ1v) is 8.22. The van der Waals surface area contributed by atoms with Gasteiger partial charge < -0.3 is 4.74 Å². The molecule has 1 aromatic carbocycles. The molecule has 0 aliphatic carbocycles. The maximum atomic E-state index is 11.9. The van der Waals surface area contributed by atoms with Crippen LogP contribution in [-0.2, 0) is 4.79 Å². The summed E-state index contributed by atoms with van der Waals surface area (Å²) in [5, 5.41) is 1.80. The molecule has 0 atom stereocenters. The number of carbonyl (C=O) groups is 2. The molecule has 0 saturated carbocycles. The molecule has 1 saturated heterocycles. The van der Waals surface area contributed by atoms with Crippen molar-refractivity contribution in [3.05, 3.63) is 45.5 Å². The van der Waals surface area contributed by atoms with Crippen molar-refractivity contribution in [2.75, 3.05) is 14.2 Å². The number of rotatable bonds is 3. The van der Waals surface area contributed by atoms with Gasteiger partial charge in [-0.25, -0.2) is 0 Å². The lowest BCUT2D eigenvalue weighted by Crippen LogP contribution is -2.22. The molecule has 1 aliphatic rings. The molecule has 0 radical (unpaired) electrons. The fraction of sp³-hybridized carbons (Fsp3) is 0.125. The number of amides is 2. The number of hydrogen-bond donors (Lipinski definition) is 0. The van der Waals surface area contributed by atoms with Gasteiger partial charge in [0.15, 0.2) is 0 Å². The van der Waals surface area contributed by atoms with E-state index >= 15 is 0 Å². The van der Waals surface area contributed by atoms with Crippen molar-refractivity contribution in [2.45, 2.75) is 0 Å². The van der Waals surface area contributed by atoms with Crippen molar-refractivity contribution in [1.82, 2.24) is 4.90 Å². The quantitative estimate of drug-likeness (QED) is 0.795. The van der Waals surface area contributed by atoms with Gasteiger partial charge in [-0.3, -0.25) is 14.5 Å². The second-order valence-corrected chi connectivity index (χ2v) is 6.64. The highest BCUT2D eigenvalue weighted by molar-refractivity contribution is 8.18. The first-order chi connectivity index (χ1) is 10.6. The van der Waals surface area contributed by atoms with Crippen molar-refractivity contribution in [3.8, 4) is 16.9 Å². The minimum Gasteiger partial charge on any atom is -0.497 e. The zero-order chi connectivity index (χ0) is 15.7. The highest BCUT2D eigenvalue weighted by Gasteiger charge is 2.31. The number of carbonyl (C=O) groups excluding carboxylic acids is 2. The van der Waals surface area contributed by atoms with Crippen molar-refractivity contribution in [1.29, 1.82) is 0 Å². The van der Waals surface area contributed by atoms with Crippen LogP contribution in [0.25, 0.3) is 17.2 Å². The summed E-state index contributed by atoms with van der Waals surface area (Å²) in [6.45, 7) is 0. The van der Waals surface area contributed by atoms with Gasteiger partial charge in [-0.2, -0.15) is 0 Å². The van der Waals surface area contributed by atoms with E-state index in [1.54, 1.807) is 24.5 Å². The standard InChI is InChI=1S/C16H13NO3S2/c1-17-15(18)14(22-16(17)19)8-13-7-11(9-21-13)10-3-5-12(20-2)6-4-10/h3-9H,1-2H3/b14-8-. The van der Waals surface area contributed by atoms with Gasteiger partial charge in [0.1, 0.15) is 5.75 Å². The van der Waals surface area contributed by atoms with Gasteiger partial charge in [-0.1, -0.05) is 12.1 Å². The monoisotopic (exact) mass is 331 g/mol. The molecular weight excluding hydrogens is 318 g/mol. The molecule has 0 bridgehead atoms. The van der Waals surface area contributed by atoms with E-state index in [-0.39, 0.29) is 11.1 Å². The van der Waals surface area contributed by atoms with Gasteiger partial charge in [-0.05, 0) is 52.5 Å².